The molecular weight excluding hydrogens is 232 g/mol. The molecule has 0 aliphatic carbocycles. The summed E-state index contributed by atoms with van der Waals surface area (Å²) in [6.07, 6.45) is 3.29. The molecule has 0 spiro atoms. The first-order valence-electron chi connectivity index (χ1n) is 5.30. The fraction of sp³-hybridized carbons (Fsp3) is 0. The molecule has 0 atom stereocenters. The smallest absolute Gasteiger partial charge is 0.116 e. The molecule has 2 nitrogen and oxygen atoms in total. The van der Waals surface area contributed by atoms with Crippen LogP contribution < -0.4 is 0 Å². The summed E-state index contributed by atoms with van der Waals surface area (Å²) in [5, 5.41) is 1.57. The lowest BCUT2D eigenvalue weighted by molar-refractivity contribution is 1.22. The van der Waals surface area contributed by atoms with E-state index in [-0.39, 0.29) is 0 Å². The second kappa shape index (κ2) is 4.15. The maximum Gasteiger partial charge on any atom is 0.116 e. The molecule has 0 amide bonds. The number of hydrogen-bond acceptors (Lipinski definition) is 2. The SMILES string of the molecule is Clc1ccc(-c2ccccc2)c2ncncc12. The zero-order valence-corrected chi connectivity index (χ0v) is 9.72. The molecule has 0 saturated carbocycles. The van der Waals surface area contributed by atoms with Gasteiger partial charge in [0.25, 0.3) is 0 Å². The van der Waals surface area contributed by atoms with Crippen molar-refractivity contribution in [2.45, 2.75) is 0 Å². The highest BCUT2D eigenvalue weighted by atomic mass is 35.5. The van der Waals surface area contributed by atoms with Crippen molar-refractivity contribution in [1.82, 2.24) is 9.97 Å². The van der Waals surface area contributed by atoms with Crippen LogP contribution in [0, 0.1) is 0 Å². The van der Waals surface area contributed by atoms with Gasteiger partial charge in [0.1, 0.15) is 6.33 Å². The minimum Gasteiger partial charge on any atom is -0.244 e. The predicted molar refractivity (Wildman–Crippen MR) is 70.0 cm³/mol. The Morgan fingerprint density at radius 2 is 1.76 bits per heavy atom. The van der Waals surface area contributed by atoms with Crippen LogP contribution >= 0.6 is 11.6 Å². The Labute approximate surface area is 104 Å². The average Bonchev–Trinajstić information content (AvgIpc) is 2.41. The standard InChI is InChI=1S/C14H9ClN2/c15-13-7-6-11(10-4-2-1-3-5-10)14-12(13)8-16-9-17-14/h1-9H. The number of hydrogen-bond donors (Lipinski definition) is 0. The van der Waals surface area contributed by atoms with Crippen LogP contribution in [0.3, 0.4) is 0 Å². The van der Waals surface area contributed by atoms with Crippen LogP contribution in [0.25, 0.3) is 22.0 Å². The van der Waals surface area contributed by atoms with Crippen molar-refractivity contribution >= 4 is 22.5 Å². The summed E-state index contributed by atoms with van der Waals surface area (Å²) in [6, 6.07) is 14.0. The summed E-state index contributed by atoms with van der Waals surface area (Å²) >= 11 is 6.14. The molecule has 0 saturated heterocycles. The normalized spacial score (nSPS) is 10.6. The third-order valence-corrected chi connectivity index (χ3v) is 3.04. The van der Waals surface area contributed by atoms with Gasteiger partial charge in [-0.3, -0.25) is 0 Å². The first-order chi connectivity index (χ1) is 8.36. The number of rotatable bonds is 1. The van der Waals surface area contributed by atoms with Gasteiger partial charge in [0.05, 0.1) is 10.5 Å². The highest BCUT2D eigenvalue weighted by Crippen LogP contribution is 2.30. The lowest BCUT2D eigenvalue weighted by atomic mass is 10.0. The Morgan fingerprint density at radius 3 is 2.59 bits per heavy atom. The third kappa shape index (κ3) is 1.77. The van der Waals surface area contributed by atoms with E-state index in [0.29, 0.717) is 5.02 Å². The van der Waals surface area contributed by atoms with Crippen molar-refractivity contribution in [3.8, 4) is 11.1 Å². The van der Waals surface area contributed by atoms with Crippen LogP contribution in [0.4, 0.5) is 0 Å². The highest BCUT2D eigenvalue weighted by molar-refractivity contribution is 6.35. The van der Waals surface area contributed by atoms with Crippen LogP contribution in [0.5, 0.6) is 0 Å². The van der Waals surface area contributed by atoms with Gasteiger partial charge < -0.3 is 0 Å². The van der Waals surface area contributed by atoms with Gasteiger partial charge in [-0.2, -0.15) is 0 Å². The molecule has 0 fully saturated rings. The minimum absolute atomic E-state index is 0.681. The Kier molecular flexibility index (Phi) is 2.50. The lowest BCUT2D eigenvalue weighted by Gasteiger charge is -2.06. The minimum atomic E-state index is 0.681. The molecule has 1 aromatic heterocycles. The van der Waals surface area contributed by atoms with Crippen molar-refractivity contribution in [3.63, 3.8) is 0 Å². The van der Waals surface area contributed by atoms with Gasteiger partial charge in [0, 0.05) is 17.1 Å². The van der Waals surface area contributed by atoms with Crippen molar-refractivity contribution in [2.24, 2.45) is 0 Å². The number of nitrogens with zero attached hydrogens (tertiary/aromatic N) is 2. The number of fused-ring (bicyclic) bond motifs is 1. The van der Waals surface area contributed by atoms with Gasteiger partial charge in [-0.1, -0.05) is 48.0 Å². The van der Waals surface area contributed by atoms with E-state index in [4.69, 9.17) is 11.6 Å². The molecule has 0 bridgehead atoms. The number of benzene rings is 2. The first kappa shape index (κ1) is 10.2. The van der Waals surface area contributed by atoms with Gasteiger partial charge in [-0.25, -0.2) is 9.97 Å². The molecule has 0 aliphatic heterocycles. The van der Waals surface area contributed by atoms with Gasteiger partial charge in [0.15, 0.2) is 0 Å². The fourth-order valence-corrected chi connectivity index (χ4v) is 2.10. The van der Waals surface area contributed by atoms with E-state index in [0.717, 1.165) is 22.0 Å². The number of halogens is 1. The molecule has 3 heteroatoms. The second-order valence-electron chi connectivity index (χ2n) is 3.75. The molecule has 0 aliphatic rings. The van der Waals surface area contributed by atoms with Crippen LogP contribution in [-0.2, 0) is 0 Å². The lowest BCUT2D eigenvalue weighted by Crippen LogP contribution is -1.86. The molecule has 3 rings (SSSR count). The molecule has 17 heavy (non-hydrogen) atoms. The van der Waals surface area contributed by atoms with E-state index in [1.807, 2.05) is 30.3 Å². The van der Waals surface area contributed by atoms with Gasteiger partial charge in [-0.05, 0) is 11.6 Å². The topological polar surface area (TPSA) is 25.8 Å². The summed E-state index contributed by atoms with van der Waals surface area (Å²) in [5.74, 6) is 0. The van der Waals surface area contributed by atoms with Crippen molar-refractivity contribution in [1.29, 1.82) is 0 Å². The maximum atomic E-state index is 6.14. The van der Waals surface area contributed by atoms with E-state index in [1.165, 1.54) is 0 Å². The number of aromatic nitrogens is 2. The monoisotopic (exact) mass is 240 g/mol. The van der Waals surface area contributed by atoms with Crippen LogP contribution in [0.1, 0.15) is 0 Å². The van der Waals surface area contributed by atoms with E-state index >= 15 is 0 Å². The maximum absolute atomic E-state index is 6.14. The fourth-order valence-electron chi connectivity index (χ4n) is 1.89. The first-order valence-corrected chi connectivity index (χ1v) is 5.68. The Balaban J connectivity index is 2.35. The van der Waals surface area contributed by atoms with Gasteiger partial charge >= 0.3 is 0 Å². The molecule has 2 aromatic carbocycles. The van der Waals surface area contributed by atoms with Gasteiger partial charge in [-0.15, -0.1) is 0 Å². The molecule has 0 N–H and O–H groups in total. The summed E-state index contributed by atoms with van der Waals surface area (Å²) in [6.45, 7) is 0. The Bertz CT molecular complexity index is 665. The van der Waals surface area contributed by atoms with E-state index in [9.17, 15) is 0 Å². The highest BCUT2D eigenvalue weighted by Gasteiger charge is 2.07. The van der Waals surface area contributed by atoms with Crippen molar-refractivity contribution in [2.75, 3.05) is 0 Å². The largest absolute Gasteiger partial charge is 0.244 e. The zero-order valence-electron chi connectivity index (χ0n) is 8.97. The Morgan fingerprint density at radius 1 is 0.941 bits per heavy atom. The van der Waals surface area contributed by atoms with Crippen molar-refractivity contribution in [3.05, 3.63) is 60.0 Å². The van der Waals surface area contributed by atoms with Crippen molar-refractivity contribution < 1.29 is 0 Å². The third-order valence-electron chi connectivity index (χ3n) is 2.71. The molecule has 0 unspecified atom stereocenters. The second-order valence-corrected chi connectivity index (χ2v) is 4.15. The van der Waals surface area contributed by atoms with Crippen LogP contribution in [-0.4, -0.2) is 9.97 Å². The van der Waals surface area contributed by atoms with E-state index in [1.54, 1.807) is 12.5 Å². The zero-order chi connectivity index (χ0) is 11.7. The van der Waals surface area contributed by atoms with E-state index < -0.39 is 0 Å². The summed E-state index contributed by atoms with van der Waals surface area (Å²) in [7, 11) is 0. The molecule has 0 radical (unpaired) electrons. The van der Waals surface area contributed by atoms with Gasteiger partial charge in [0.2, 0.25) is 0 Å². The van der Waals surface area contributed by atoms with Crippen LogP contribution in [0.15, 0.2) is 55.0 Å². The molecular formula is C14H9ClN2. The molecule has 82 valence electrons. The average molecular weight is 241 g/mol. The molecule has 3 aromatic rings. The van der Waals surface area contributed by atoms with Crippen LogP contribution in [0.2, 0.25) is 5.02 Å². The quantitative estimate of drug-likeness (QED) is 0.644. The van der Waals surface area contributed by atoms with E-state index in [2.05, 4.69) is 22.1 Å². The Hall–Kier alpha value is -1.93. The summed E-state index contributed by atoms with van der Waals surface area (Å²) < 4.78 is 0. The summed E-state index contributed by atoms with van der Waals surface area (Å²) in [5.41, 5.74) is 3.10. The molecule has 1 heterocycles. The summed E-state index contributed by atoms with van der Waals surface area (Å²) in [4.78, 5) is 8.34. The predicted octanol–water partition coefficient (Wildman–Crippen LogP) is 3.95.